The molecule has 1 aliphatic rings. The predicted octanol–water partition coefficient (Wildman–Crippen LogP) is 2.79. The van der Waals surface area contributed by atoms with E-state index in [0.717, 1.165) is 16.0 Å². The zero-order chi connectivity index (χ0) is 19.7. The summed E-state index contributed by atoms with van der Waals surface area (Å²) in [5, 5.41) is 25.8. The smallest absolute Gasteiger partial charge is 0.211 e. The lowest BCUT2D eigenvalue weighted by Gasteiger charge is -2.26. The Labute approximate surface area is 164 Å². The second-order valence-electron chi connectivity index (χ2n) is 6.00. The summed E-state index contributed by atoms with van der Waals surface area (Å²) >= 11 is 1.64. The molecule has 1 aliphatic heterocycles. The number of benzene rings is 1. The van der Waals surface area contributed by atoms with Crippen LogP contribution in [0.5, 0.6) is 0 Å². The summed E-state index contributed by atoms with van der Waals surface area (Å²) in [6, 6.07) is 13.4. The molecule has 1 aromatic carbocycles. The van der Waals surface area contributed by atoms with E-state index in [4.69, 9.17) is 16.7 Å². The molecular formula is C19H14N8S. The third-order valence-electron chi connectivity index (χ3n) is 4.37. The van der Waals surface area contributed by atoms with E-state index in [9.17, 15) is 5.26 Å². The van der Waals surface area contributed by atoms with Gasteiger partial charge in [0.1, 0.15) is 29.3 Å². The molecule has 136 valence electrons. The van der Waals surface area contributed by atoms with Gasteiger partial charge in [0.25, 0.3) is 0 Å². The highest BCUT2D eigenvalue weighted by molar-refractivity contribution is 7.13. The van der Waals surface area contributed by atoms with Crippen LogP contribution in [0.2, 0.25) is 0 Å². The zero-order valence-electron chi connectivity index (χ0n) is 14.5. The van der Waals surface area contributed by atoms with Gasteiger partial charge in [0.15, 0.2) is 6.19 Å². The van der Waals surface area contributed by atoms with Crippen LogP contribution in [0.15, 0.2) is 46.8 Å². The van der Waals surface area contributed by atoms with Crippen molar-refractivity contribution in [2.75, 3.05) is 16.8 Å². The molecule has 0 radical (unpaired) electrons. The van der Waals surface area contributed by atoms with Gasteiger partial charge in [0.05, 0.1) is 5.69 Å². The normalized spacial score (nSPS) is 14.8. The average molecular weight is 386 g/mol. The lowest BCUT2D eigenvalue weighted by molar-refractivity contribution is 0.847. The minimum atomic E-state index is -0.549. The maximum atomic E-state index is 9.40. The van der Waals surface area contributed by atoms with Gasteiger partial charge in [-0.25, -0.2) is 9.98 Å². The van der Waals surface area contributed by atoms with Crippen LogP contribution >= 0.6 is 11.3 Å². The number of rotatable bonds is 2. The number of nitrogens with zero attached hydrogens (tertiary/aromatic N) is 4. The first-order valence-electron chi connectivity index (χ1n) is 8.25. The van der Waals surface area contributed by atoms with Crippen molar-refractivity contribution in [2.45, 2.75) is 6.04 Å². The molecule has 28 heavy (non-hydrogen) atoms. The topological polar surface area (TPSA) is 149 Å². The fourth-order valence-corrected chi connectivity index (χ4v) is 3.85. The van der Waals surface area contributed by atoms with E-state index in [-0.39, 0.29) is 23.0 Å². The molecule has 6 N–H and O–H groups in total. The van der Waals surface area contributed by atoms with E-state index in [1.807, 2.05) is 54.0 Å². The van der Waals surface area contributed by atoms with E-state index in [2.05, 4.69) is 20.6 Å². The predicted molar refractivity (Wildman–Crippen MR) is 109 cm³/mol. The summed E-state index contributed by atoms with van der Waals surface area (Å²) in [7, 11) is 0. The fourth-order valence-electron chi connectivity index (χ4n) is 3.13. The van der Waals surface area contributed by atoms with Crippen molar-refractivity contribution < 1.29 is 0 Å². The third kappa shape index (κ3) is 2.86. The van der Waals surface area contributed by atoms with Crippen LogP contribution in [0.3, 0.4) is 0 Å². The highest BCUT2D eigenvalue weighted by atomic mass is 32.1. The number of hydrogen-bond donors (Lipinski definition) is 4. The Kier molecular flexibility index (Phi) is 4.28. The van der Waals surface area contributed by atoms with Gasteiger partial charge in [-0.2, -0.15) is 10.5 Å². The Morgan fingerprint density at radius 1 is 1.18 bits per heavy atom. The largest absolute Gasteiger partial charge is 0.397 e. The number of anilines is 3. The SMILES string of the molecule is N#CNC1=NC(c2cccc(-c3cccs3)c2)c2c(nc(N)c(C#N)c2N)N1. The minimum Gasteiger partial charge on any atom is -0.397 e. The van der Waals surface area contributed by atoms with Crippen LogP contribution in [-0.2, 0) is 0 Å². The van der Waals surface area contributed by atoms with Crippen LogP contribution in [0.1, 0.15) is 22.7 Å². The average Bonchev–Trinajstić information content (AvgIpc) is 3.23. The summed E-state index contributed by atoms with van der Waals surface area (Å²) in [5.41, 5.74) is 14.9. The number of aliphatic imine (C=N–C) groups is 1. The van der Waals surface area contributed by atoms with Gasteiger partial charge in [-0.1, -0.05) is 24.3 Å². The Morgan fingerprint density at radius 3 is 2.75 bits per heavy atom. The van der Waals surface area contributed by atoms with Crippen molar-refractivity contribution in [1.82, 2.24) is 10.3 Å². The Morgan fingerprint density at radius 2 is 2.04 bits per heavy atom. The van der Waals surface area contributed by atoms with Gasteiger partial charge in [-0.3, -0.25) is 5.32 Å². The molecule has 3 heterocycles. The van der Waals surface area contributed by atoms with Crippen molar-refractivity contribution in [3.8, 4) is 22.7 Å². The van der Waals surface area contributed by atoms with Gasteiger partial charge in [-0.05, 0) is 28.6 Å². The van der Waals surface area contributed by atoms with Crippen LogP contribution in [0.4, 0.5) is 17.3 Å². The highest BCUT2D eigenvalue weighted by Gasteiger charge is 2.29. The maximum Gasteiger partial charge on any atom is 0.211 e. The molecule has 0 bridgehead atoms. The third-order valence-corrected chi connectivity index (χ3v) is 5.28. The van der Waals surface area contributed by atoms with Gasteiger partial charge < -0.3 is 16.8 Å². The van der Waals surface area contributed by atoms with E-state index < -0.39 is 6.04 Å². The fraction of sp³-hybridized carbons (Fsp3) is 0.0526. The first-order chi connectivity index (χ1) is 13.6. The van der Waals surface area contributed by atoms with Crippen molar-refractivity contribution >= 4 is 34.6 Å². The Hall–Kier alpha value is -4.08. The molecule has 3 aromatic rings. The number of fused-ring (bicyclic) bond motifs is 1. The van der Waals surface area contributed by atoms with Crippen molar-refractivity contribution in [1.29, 1.82) is 10.5 Å². The molecule has 2 aromatic heterocycles. The molecular weight excluding hydrogens is 372 g/mol. The Bertz CT molecular complexity index is 1170. The molecule has 0 saturated heterocycles. The van der Waals surface area contributed by atoms with Crippen LogP contribution in [0.25, 0.3) is 10.4 Å². The number of nitrogens with one attached hydrogen (secondary N) is 2. The standard InChI is InChI=1S/C19H14N8S/c20-8-12-15(22)14-16(25-19(24-9-21)27-18(14)26-17(12)23)11-4-1-3-10(7-11)13-5-2-6-28-13/h1-7,16H,(H6,22,23,24,25,26,27). The number of aromatic nitrogens is 1. The molecule has 1 atom stereocenters. The molecule has 1 unspecified atom stereocenters. The number of nitrogens with two attached hydrogens (primary N) is 2. The van der Waals surface area contributed by atoms with Gasteiger partial charge in [-0.15, -0.1) is 11.3 Å². The number of nitrogen functional groups attached to an aromatic ring is 2. The van der Waals surface area contributed by atoms with Gasteiger partial charge in [0, 0.05) is 10.4 Å². The van der Waals surface area contributed by atoms with E-state index >= 15 is 0 Å². The van der Waals surface area contributed by atoms with Crippen molar-refractivity contribution in [3.63, 3.8) is 0 Å². The minimum absolute atomic E-state index is 0.0237. The van der Waals surface area contributed by atoms with E-state index in [1.165, 1.54) is 0 Å². The van der Waals surface area contributed by atoms with Gasteiger partial charge >= 0.3 is 0 Å². The quantitative estimate of drug-likeness (QED) is 0.391. The number of nitriles is 2. The molecule has 0 aliphatic carbocycles. The molecule has 4 rings (SSSR count). The summed E-state index contributed by atoms with van der Waals surface area (Å²) in [6.45, 7) is 0. The molecule has 0 fully saturated rings. The van der Waals surface area contributed by atoms with Crippen LogP contribution in [-0.4, -0.2) is 10.9 Å². The lowest BCUT2D eigenvalue weighted by atomic mass is 9.94. The molecule has 0 saturated carbocycles. The summed E-state index contributed by atoms with van der Waals surface area (Å²) in [4.78, 5) is 9.96. The van der Waals surface area contributed by atoms with Crippen LogP contribution in [0, 0.1) is 22.8 Å². The summed E-state index contributed by atoms with van der Waals surface area (Å²) in [6.07, 6.45) is 1.84. The maximum absolute atomic E-state index is 9.40. The molecule has 9 heteroatoms. The second kappa shape index (κ2) is 6.91. The van der Waals surface area contributed by atoms with Crippen molar-refractivity contribution in [2.24, 2.45) is 4.99 Å². The first-order valence-corrected chi connectivity index (χ1v) is 9.13. The zero-order valence-corrected chi connectivity index (χ0v) is 15.3. The summed E-state index contributed by atoms with van der Waals surface area (Å²) in [5.74, 6) is 0.626. The van der Waals surface area contributed by atoms with Crippen molar-refractivity contribution in [3.05, 3.63) is 58.5 Å². The molecule has 0 spiro atoms. The van der Waals surface area contributed by atoms with Gasteiger partial charge in [0.2, 0.25) is 5.96 Å². The molecule has 0 amide bonds. The van der Waals surface area contributed by atoms with Crippen LogP contribution < -0.4 is 22.1 Å². The number of hydrogen-bond acceptors (Lipinski definition) is 9. The first kappa shape index (κ1) is 17.3. The molecule has 8 nitrogen and oxygen atoms in total. The Balaban J connectivity index is 1.91. The number of guanidine groups is 1. The number of pyridine rings is 1. The highest BCUT2D eigenvalue weighted by Crippen LogP contribution is 2.41. The monoisotopic (exact) mass is 386 g/mol. The summed E-state index contributed by atoms with van der Waals surface area (Å²) < 4.78 is 0. The van der Waals surface area contributed by atoms with E-state index in [1.54, 1.807) is 11.3 Å². The lowest BCUT2D eigenvalue weighted by Crippen LogP contribution is -2.32. The second-order valence-corrected chi connectivity index (χ2v) is 6.95. The van der Waals surface area contributed by atoms with E-state index in [0.29, 0.717) is 11.4 Å². The number of thiophene rings is 1.